The molecule has 1 fully saturated rings. The number of carbonyl (C=O) groups is 2. The van der Waals surface area contributed by atoms with Crippen LogP contribution in [0.1, 0.15) is 70.9 Å². The van der Waals surface area contributed by atoms with Gasteiger partial charge in [-0.15, -0.1) is 0 Å². The number of rotatable bonds is 5. The lowest BCUT2D eigenvalue weighted by atomic mass is 9.88. The highest BCUT2D eigenvalue weighted by Crippen LogP contribution is 2.38. The Bertz CT molecular complexity index is 1210. The van der Waals surface area contributed by atoms with E-state index < -0.39 is 5.97 Å². The van der Waals surface area contributed by atoms with E-state index in [1.807, 2.05) is 18.2 Å². The summed E-state index contributed by atoms with van der Waals surface area (Å²) in [5, 5.41) is 10.2. The maximum atomic E-state index is 12.4. The van der Waals surface area contributed by atoms with Gasteiger partial charge in [0.15, 0.2) is 0 Å². The largest absolute Gasteiger partial charge is 0.478 e. The normalized spacial score (nSPS) is 16.4. The second-order valence-electron chi connectivity index (χ2n) is 9.40. The van der Waals surface area contributed by atoms with Gasteiger partial charge in [0.05, 0.1) is 30.3 Å². The molecule has 3 aromatic rings. The molecule has 1 aromatic heterocycles. The number of aromatic nitrogens is 2. The number of carbonyl (C=O) groups excluding carboxylic acids is 1. The topological polar surface area (TPSA) is 84.7 Å². The van der Waals surface area contributed by atoms with Gasteiger partial charge in [-0.05, 0) is 42.9 Å². The molecule has 2 aliphatic rings. The second kappa shape index (κ2) is 9.49. The number of carboxylic acids is 1. The number of fused-ring (bicyclic) bond motifs is 3. The molecule has 0 atom stereocenters. The first-order chi connectivity index (χ1) is 16.6. The molecule has 1 aliphatic heterocycles. The summed E-state index contributed by atoms with van der Waals surface area (Å²) in [4.78, 5) is 31.5. The molecule has 0 spiro atoms. The molecular formula is C27H31N3O4. The first-order valence-corrected chi connectivity index (χ1v) is 12.2. The van der Waals surface area contributed by atoms with Crippen LogP contribution in [0.2, 0.25) is 0 Å². The van der Waals surface area contributed by atoms with Gasteiger partial charge in [0.1, 0.15) is 5.82 Å². The van der Waals surface area contributed by atoms with Gasteiger partial charge in [0, 0.05) is 24.6 Å². The lowest BCUT2D eigenvalue weighted by Crippen LogP contribution is -2.36. The lowest BCUT2D eigenvalue weighted by Gasteiger charge is -2.28. The van der Waals surface area contributed by atoms with E-state index >= 15 is 0 Å². The molecule has 1 N–H and O–H groups in total. The zero-order valence-electron chi connectivity index (χ0n) is 19.6. The van der Waals surface area contributed by atoms with Crippen molar-refractivity contribution in [1.29, 1.82) is 0 Å². The summed E-state index contributed by atoms with van der Waals surface area (Å²) in [7, 11) is 1.39. The molecule has 7 nitrogen and oxygen atoms in total. The van der Waals surface area contributed by atoms with E-state index in [4.69, 9.17) is 9.72 Å². The fourth-order valence-corrected chi connectivity index (χ4v) is 5.59. The number of benzene rings is 2. The van der Waals surface area contributed by atoms with Crippen molar-refractivity contribution in [3.05, 3.63) is 64.5 Å². The molecule has 1 saturated carbocycles. The molecule has 1 amide bonds. The summed E-state index contributed by atoms with van der Waals surface area (Å²) in [6, 6.07) is 12.1. The van der Waals surface area contributed by atoms with Crippen molar-refractivity contribution in [2.45, 2.75) is 64.0 Å². The number of nitrogens with zero attached hydrogens (tertiary/aromatic N) is 3. The van der Waals surface area contributed by atoms with Crippen molar-refractivity contribution in [2.75, 3.05) is 13.7 Å². The van der Waals surface area contributed by atoms with Gasteiger partial charge in [0.25, 0.3) is 0 Å². The molecule has 0 unspecified atom stereocenters. The monoisotopic (exact) mass is 461 g/mol. The predicted molar refractivity (Wildman–Crippen MR) is 129 cm³/mol. The van der Waals surface area contributed by atoms with E-state index in [9.17, 15) is 14.7 Å². The third-order valence-electron chi connectivity index (χ3n) is 7.34. The average Bonchev–Trinajstić information content (AvgIpc) is 3.27. The van der Waals surface area contributed by atoms with Gasteiger partial charge >= 0.3 is 12.1 Å². The number of methoxy groups -OCH3 is 1. The van der Waals surface area contributed by atoms with Crippen LogP contribution >= 0.6 is 0 Å². The van der Waals surface area contributed by atoms with E-state index in [0.29, 0.717) is 43.1 Å². The summed E-state index contributed by atoms with van der Waals surface area (Å²) < 4.78 is 7.12. The Balaban J connectivity index is 1.66. The van der Waals surface area contributed by atoms with E-state index in [2.05, 4.69) is 16.7 Å². The van der Waals surface area contributed by atoms with Crippen LogP contribution < -0.4 is 0 Å². The van der Waals surface area contributed by atoms with Crippen LogP contribution in [0.15, 0.2) is 36.4 Å². The summed E-state index contributed by atoms with van der Waals surface area (Å²) in [6.07, 6.45) is 6.77. The van der Waals surface area contributed by atoms with Crippen LogP contribution in [-0.2, 0) is 30.7 Å². The molecule has 178 valence electrons. The van der Waals surface area contributed by atoms with E-state index in [0.717, 1.165) is 41.7 Å². The fraction of sp³-hybridized carbons (Fsp3) is 0.444. The highest BCUT2D eigenvalue weighted by molar-refractivity contribution is 6.03. The molecule has 1 aliphatic carbocycles. The number of aromatic carboxylic acids is 1. The van der Waals surface area contributed by atoms with E-state index in [-0.39, 0.29) is 6.09 Å². The Labute approximate surface area is 199 Å². The van der Waals surface area contributed by atoms with Gasteiger partial charge in [-0.2, -0.15) is 0 Å². The van der Waals surface area contributed by atoms with Crippen molar-refractivity contribution in [1.82, 2.24) is 14.5 Å². The Hall–Kier alpha value is -3.35. The molecule has 0 saturated heterocycles. The minimum atomic E-state index is -0.931. The van der Waals surface area contributed by atoms with Gasteiger partial charge < -0.3 is 19.3 Å². The molecule has 7 heteroatoms. The van der Waals surface area contributed by atoms with Crippen molar-refractivity contribution in [2.24, 2.45) is 0 Å². The quantitative estimate of drug-likeness (QED) is 0.568. The molecule has 34 heavy (non-hydrogen) atoms. The van der Waals surface area contributed by atoms with Gasteiger partial charge in [0.2, 0.25) is 0 Å². The lowest BCUT2D eigenvalue weighted by molar-refractivity contribution is 0.0698. The highest BCUT2D eigenvalue weighted by Gasteiger charge is 2.31. The van der Waals surface area contributed by atoms with Crippen molar-refractivity contribution in [3.63, 3.8) is 0 Å². The van der Waals surface area contributed by atoms with E-state index in [1.165, 1.54) is 31.9 Å². The second-order valence-corrected chi connectivity index (χ2v) is 9.40. The van der Waals surface area contributed by atoms with Crippen LogP contribution in [0.5, 0.6) is 0 Å². The number of imidazole rings is 1. The average molecular weight is 462 g/mol. The Kier molecular flexibility index (Phi) is 6.26. The molecule has 2 aromatic carbocycles. The smallest absolute Gasteiger partial charge is 0.409 e. The number of hydrogen-bond donors (Lipinski definition) is 1. The minimum Gasteiger partial charge on any atom is -0.478 e. The minimum absolute atomic E-state index is 0.308. The molecule has 0 bridgehead atoms. The van der Waals surface area contributed by atoms with Crippen molar-refractivity contribution >= 4 is 23.1 Å². The van der Waals surface area contributed by atoms with Crippen LogP contribution in [0.25, 0.3) is 11.0 Å². The first-order valence-electron chi connectivity index (χ1n) is 12.2. The van der Waals surface area contributed by atoms with Crippen LogP contribution in [-0.4, -0.2) is 45.3 Å². The first kappa shape index (κ1) is 22.4. The molecular weight excluding hydrogens is 430 g/mol. The summed E-state index contributed by atoms with van der Waals surface area (Å²) in [6.45, 7) is 1.57. The summed E-state index contributed by atoms with van der Waals surface area (Å²) >= 11 is 0. The Morgan fingerprint density at radius 2 is 1.91 bits per heavy atom. The van der Waals surface area contributed by atoms with Crippen molar-refractivity contribution in [3.8, 4) is 0 Å². The Morgan fingerprint density at radius 1 is 1.15 bits per heavy atom. The van der Waals surface area contributed by atoms with Crippen LogP contribution in [0.3, 0.4) is 0 Å². The molecule has 5 rings (SSSR count). The third kappa shape index (κ3) is 4.15. The van der Waals surface area contributed by atoms with E-state index in [1.54, 1.807) is 11.0 Å². The summed E-state index contributed by atoms with van der Waals surface area (Å²) in [5.74, 6) is 0.394. The predicted octanol–water partition coefficient (Wildman–Crippen LogP) is 5.15. The number of carboxylic acid groups (broad SMARTS) is 1. The van der Waals surface area contributed by atoms with Crippen LogP contribution in [0, 0.1) is 0 Å². The van der Waals surface area contributed by atoms with Gasteiger partial charge in [-0.3, -0.25) is 0 Å². The number of aryl methyl sites for hydroxylation is 2. The molecule has 0 radical (unpaired) electrons. The number of amides is 1. The van der Waals surface area contributed by atoms with Gasteiger partial charge in [-0.25, -0.2) is 14.6 Å². The SMILES string of the molecule is COC(=O)N1CCc2cc(C(=O)O)c3c(nc(C4CCCCC4)n3CCc3ccccc3)c2C1. The summed E-state index contributed by atoms with van der Waals surface area (Å²) in [5.41, 5.74) is 4.86. The maximum absolute atomic E-state index is 12.4. The van der Waals surface area contributed by atoms with Crippen LogP contribution in [0.4, 0.5) is 4.79 Å². The zero-order valence-corrected chi connectivity index (χ0v) is 19.6. The third-order valence-corrected chi connectivity index (χ3v) is 7.34. The van der Waals surface area contributed by atoms with Gasteiger partial charge in [-0.1, -0.05) is 49.6 Å². The Morgan fingerprint density at radius 3 is 2.62 bits per heavy atom. The maximum Gasteiger partial charge on any atom is 0.409 e. The standard InChI is InChI=1S/C27H31N3O4/c1-34-27(33)29-14-13-20-16-21(26(31)32)24-23(22(20)17-29)28-25(19-10-6-3-7-11-19)30(24)15-12-18-8-4-2-5-9-18/h2,4-5,8-9,16,19H,3,6-7,10-15,17H2,1H3,(H,31,32). The molecule has 2 heterocycles. The highest BCUT2D eigenvalue weighted by atomic mass is 16.5. The van der Waals surface area contributed by atoms with Crippen molar-refractivity contribution < 1.29 is 19.4 Å². The fourth-order valence-electron chi connectivity index (χ4n) is 5.59. The zero-order chi connectivity index (χ0) is 23.7. The number of ether oxygens (including phenoxy) is 1. The number of hydrogen-bond acceptors (Lipinski definition) is 4.